The molecule has 0 aliphatic rings. The number of hydrogen-bond donors (Lipinski definition) is 3. The van der Waals surface area contributed by atoms with Crippen molar-refractivity contribution < 1.29 is 22.3 Å². The van der Waals surface area contributed by atoms with Crippen LogP contribution in [0.1, 0.15) is 18.6 Å². The lowest BCUT2D eigenvalue weighted by molar-refractivity contribution is 0.146. The summed E-state index contributed by atoms with van der Waals surface area (Å²) in [5, 5.41) is 14.4. The SMILES string of the molecule is CC(NS(N)(=O)=O)C(O)c1ccc(F)c(F)c1. The molecule has 0 saturated heterocycles. The molecule has 0 saturated carbocycles. The van der Waals surface area contributed by atoms with Gasteiger partial charge < -0.3 is 5.11 Å². The number of halogens is 2. The van der Waals surface area contributed by atoms with Gasteiger partial charge in [-0.3, -0.25) is 0 Å². The first-order valence-corrected chi connectivity index (χ1v) is 6.18. The van der Waals surface area contributed by atoms with Crippen molar-refractivity contribution >= 4 is 10.2 Å². The molecule has 0 aromatic heterocycles. The molecule has 1 aromatic rings. The van der Waals surface area contributed by atoms with Gasteiger partial charge in [0.05, 0.1) is 12.1 Å². The average molecular weight is 266 g/mol. The van der Waals surface area contributed by atoms with Crippen molar-refractivity contribution in [3.05, 3.63) is 35.4 Å². The van der Waals surface area contributed by atoms with Gasteiger partial charge in [0.2, 0.25) is 0 Å². The zero-order valence-electron chi connectivity index (χ0n) is 8.89. The van der Waals surface area contributed by atoms with Gasteiger partial charge in [0, 0.05) is 0 Å². The van der Waals surface area contributed by atoms with Crippen LogP contribution in [0.3, 0.4) is 0 Å². The first-order valence-electron chi connectivity index (χ1n) is 4.64. The van der Waals surface area contributed by atoms with Crippen LogP contribution in [0.25, 0.3) is 0 Å². The van der Waals surface area contributed by atoms with Gasteiger partial charge in [0.1, 0.15) is 0 Å². The maximum Gasteiger partial charge on any atom is 0.274 e. The summed E-state index contributed by atoms with van der Waals surface area (Å²) in [4.78, 5) is 0. The minimum Gasteiger partial charge on any atom is -0.387 e. The lowest BCUT2D eigenvalue weighted by Gasteiger charge is -2.19. The topological polar surface area (TPSA) is 92.4 Å². The fourth-order valence-electron chi connectivity index (χ4n) is 1.31. The molecule has 0 bridgehead atoms. The summed E-state index contributed by atoms with van der Waals surface area (Å²) in [6.45, 7) is 1.34. The van der Waals surface area contributed by atoms with Crippen molar-refractivity contribution in [1.29, 1.82) is 0 Å². The largest absolute Gasteiger partial charge is 0.387 e. The van der Waals surface area contributed by atoms with Crippen LogP contribution in [0.15, 0.2) is 18.2 Å². The van der Waals surface area contributed by atoms with Gasteiger partial charge in [0.25, 0.3) is 10.2 Å². The van der Waals surface area contributed by atoms with Crippen molar-refractivity contribution in [3.8, 4) is 0 Å². The Morgan fingerprint density at radius 1 is 1.35 bits per heavy atom. The molecule has 0 radical (unpaired) electrons. The lowest BCUT2D eigenvalue weighted by atomic mass is 10.0. The van der Waals surface area contributed by atoms with Gasteiger partial charge >= 0.3 is 0 Å². The molecule has 17 heavy (non-hydrogen) atoms. The summed E-state index contributed by atoms with van der Waals surface area (Å²) < 4.78 is 48.9. The molecule has 1 aromatic carbocycles. The molecular weight excluding hydrogens is 254 g/mol. The normalized spacial score (nSPS) is 15.6. The van der Waals surface area contributed by atoms with Crippen molar-refractivity contribution in [2.24, 2.45) is 5.14 Å². The van der Waals surface area contributed by atoms with Crippen LogP contribution in [0.2, 0.25) is 0 Å². The van der Waals surface area contributed by atoms with E-state index in [4.69, 9.17) is 5.14 Å². The highest BCUT2D eigenvalue weighted by Gasteiger charge is 2.20. The summed E-state index contributed by atoms with van der Waals surface area (Å²) in [6, 6.07) is 1.83. The second kappa shape index (κ2) is 5.05. The molecule has 0 spiro atoms. The summed E-state index contributed by atoms with van der Waals surface area (Å²) in [6.07, 6.45) is -1.33. The molecule has 5 nitrogen and oxygen atoms in total. The van der Waals surface area contributed by atoms with Crippen LogP contribution in [-0.2, 0) is 10.2 Å². The van der Waals surface area contributed by atoms with Crippen LogP contribution in [-0.4, -0.2) is 19.6 Å². The van der Waals surface area contributed by atoms with E-state index in [1.807, 2.05) is 4.72 Å². The van der Waals surface area contributed by atoms with Gasteiger partial charge in [-0.25, -0.2) is 13.9 Å². The molecule has 0 aliphatic carbocycles. The Morgan fingerprint density at radius 3 is 2.41 bits per heavy atom. The first-order chi connectivity index (χ1) is 7.70. The molecule has 8 heteroatoms. The molecule has 0 heterocycles. The Kier molecular flexibility index (Phi) is 4.15. The highest BCUT2D eigenvalue weighted by atomic mass is 32.2. The van der Waals surface area contributed by atoms with Crippen LogP contribution in [0, 0.1) is 11.6 Å². The number of rotatable bonds is 4. The second-order valence-electron chi connectivity index (χ2n) is 3.57. The van der Waals surface area contributed by atoms with Gasteiger partial charge in [-0.05, 0) is 24.6 Å². The second-order valence-corrected chi connectivity index (χ2v) is 4.90. The monoisotopic (exact) mass is 266 g/mol. The van der Waals surface area contributed by atoms with E-state index in [1.165, 1.54) is 6.92 Å². The average Bonchev–Trinajstić information content (AvgIpc) is 2.18. The summed E-state index contributed by atoms with van der Waals surface area (Å²) in [7, 11) is -3.97. The molecule has 2 atom stereocenters. The van der Waals surface area contributed by atoms with E-state index >= 15 is 0 Å². The van der Waals surface area contributed by atoms with Crippen LogP contribution >= 0.6 is 0 Å². The summed E-state index contributed by atoms with van der Waals surface area (Å²) in [5.41, 5.74) is 0.0487. The fraction of sp³-hybridized carbons (Fsp3) is 0.333. The first kappa shape index (κ1) is 14.0. The molecule has 96 valence electrons. The number of nitrogens with two attached hydrogens (primary N) is 1. The van der Waals surface area contributed by atoms with Crippen molar-refractivity contribution in [1.82, 2.24) is 4.72 Å². The van der Waals surface area contributed by atoms with E-state index in [-0.39, 0.29) is 5.56 Å². The Bertz CT molecular complexity index is 507. The van der Waals surface area contributed by atoms with E-state index in [0.29, 0.717) is 0 Å². The van der Waals surface area contributed by atoms with E-state index in [9.17, 15) is 22.3 Å². The van der Waals surface area contributed by atoms with Crippen LogP contribution in [0.5, 0.6) is 0 Å². The van der Waals surface area contributed by atoms with Gasteiger partial charge in [0.15, 0.2) is 11.6 Å². The minimum absolute atomic E-state index is 0.0487. The van der Waals surface area contributed by atoms with E-state index < -0.39 is 34.0 Å². The standard InChI is InChI=1S/C9H12F2N2O3S/c1-5(13-17(12,15)16)9(14)6-2-3-7(10)8(11)4-6/h2-5,9,13-14H,1H3,(H2,12,15,16). The zero-order chi connectivity index (χ0) is 13.2. The predicted octanol–water partition coefficient (Wildman–Crippen LogP) is 0.180. The van der Waals surface area contributed by atoms with E-state index in [1.54, 1.807) is 0 Å². The maximum atomic E-state index is 12.9. The number of hydrogen-bond acceptors (Lipinski definition) is 3. The lowest BCUT2D eigenvalue weighted by Crippen LogP contribution is -2.41. The van der Waals surface area contributed by atoms with Crippen LogP contribution in [0.4, 0.5) is 8.78 Å². The number of benzene rings is 1. The molecular formula is C9H12F2N2O3S. The Morgan fingerprint density at radius 2 is 1.94 bits per heavy atom. The molecule has 2 unspecified atom stereocenters. The van der Waals surface area contributed by atoms with E-state index in [0.717, 1.165) is 18.2 Å². The van der Waals surface area contributed by atoms with Gasteiger partial charge in [-0.15, -0.1) is 0 Å². The smallest absolute Gasteiger partial charge is 0.274 e. The Balaban J connectivity index is 2.88. The predicted molar refractivity (Wildman–Crippen MR) is 57.0 cm³/mol. The maximum absolute atomic E-state index is 12.9. The van der Waals surface area contributed by atoms with Crippen LogP contribution < -0.4 is 9.86 Å². The molecule has 4 N–H and O–H groups in total. The van der Waals surface area contributed by atoms with Crippen molar-refractivity contribution in [2.45, 2.75) is 19.1 Å². The Hall–Kier alpha value is -1.09. The molecule has 0 fully saturated rings. The summed E-state index contributed by atoms with van der Waals surface area (Å²) in [5.74, 6) is -2.17. The van der Waals surface area contributed by atoms with Crippen molar-refractivity contribution in [2.75, 3.05) is 0 Å². The van der Waals surface area contributed by atoms with Crippen molar-refractivity contribution in [3.63, 3.8) is 0 Å². The fourth-order valence-corrected chi connectivity index (χ4v) is 1.96. The van der Waals surface area contributed by atoms with Gasteiger partial charge in [-0.1, -0.05) is 6.07 Å². The zero-order valence-corrected chi connectivity index (χ0v) is 9.71. The molecule has 1 rings (SSSR count). The third-order valence-electron chi connectivity index (χ3n) is 2.11. The summed E-state index contributed by atoms with van der Waals surface area (Å²) >= 11 is 0. The quantitative estimate of drug-likeness (QED) is 0.725. The Labute approximate surface area is 97.4 Å². The molecule has 0 aliphatic heterocycles. The minimum atomic E-state index is -3.97. The third kappa shape index (κ3) is 4.00. The highest BCUT2D eigenvalue weighted by molar-refractivity contribution is 7.87. The number of aliphatic hydroxyl groups excluding tert-OH is 1. The molecule has 0 amide bonds. The van der Waals surface area contributed by atoms with E-state index in [2.05, 4.69) is 0 Å². The van der Waals surface area contributed by atoms with Gasteiger partial charge in [-0.2, -0.15) is 13.1 Å². The third-order valence-corrected chi connectivity index (χ3v) is 2.81. The number of aliphatic hydroxyl groups is 1. The highest BCUT2D eigenvalue weighted by Crippen LogP contribution is 2.19. The number of nitrogens with one attached hydrogen (secondary N) is 1.